The Hall–Kier alpha value is -5.75. The molecule has 1 saturated heterocycles. The van der Waals surface area contributed by atoms with Crippen LogP contribution in [0.3, 0.4) is 0 Å². The third-order valence-corrected chi connectivity index (χ3v) is 13.7. The van der Waals surface area contributed by atoms with E-state index in [1.54, 1.807) is 53.0 Å². The van der Waals surface area contributed by atoms with Gasteiger partial charge in [-0.3, -0.25) is 19.2 Å². The van der Waals surface area contributed by atoms with Gasteiger partial charge in [-0.25, -0.2) is 4.98 Å². The van der Waals surface area contributed by atoms with Gasteiger partial charge >= 0.3 is 11.8 Å². The lowest BCUT2D eigenvalue weighted by atomic mass is 9.69. The summed E-state index contributed by atoms with van der Waals surface area (Å²) in [4.78, 5) is 61.5. The van der Waals surface area contributed by atoms with Crippen molar-refractivity contribution in [2.75, 3.05) is 32.2 Å². The third kappa shape index (κ3) is 8.27. The monoisotopic (exact) mass is 901 g/mol. The lowest BCUT2D eigenvalue weighted by Gasteiger charge is -2.48. The zero-order valence-corrected chi connectivity index (χ0v) is 38.5. The lowest BCUT2D eigenvalue weighted by molar-refractivity contribution is -0.160. The fourth-order valence-electron chi connectivity index (χ4n) is 9.58. The smallest absolute Gasteiger partial charge is 0.306 e. The fraction of sp³-hybridized carbons (Fsp3) is 0.521. The maximum absolute atomic E-state index is 14.4. The number of Topliss-reactive ketones (excluding diaryl/α,β-unsaturated/α-hetero) is 1. The van der Waals surface area contributed by atoms with Crippen LogP contribution in [0.4, 0.5) is 5.69 Å². The van der Waals surface area contributed by atoms with Crippen molar-refractivity contribution in [1.82, 2.24) is 10.3 Å². The summed E-state index contributed by atoms with van der Waals surface area (Å²) in [6.07, 6.45) is 3.59. The zero-order valence-electron chi connectivity index (χ0n) is 38.5. The highest BCUT2D eigenvalue weighted by Gasteiger charge is 2.58. The topological polar surface area (TPSA) is 237 Å². The molecule has 4 bridgehead atoms. The minimum atomic E-state index is -1.96. The predicted octanol–water partition coefficient (Wildman–Crippen LogP) is 5.10. The second-order valence-corrected chi connectivity index (χ2v) is 18.4. The van der Waals surface area contributed by atoms with Crippen molar-refractivity contribution >= 4 is 29.0 Å². The molecule has 0 aromatic carbocycles. The number of methoxy groups -OCH3 is 2. The number of allylic oxidation sites excluding steroid dienone is 5. The van der Waals surface area contributed by atoms with Crippen LogP contribution in [-0.4, -0.2) is 106 Å². The Bertz CT molecular complexity index is 2490. The van der Waals surface area contributed by atoms with Crippen molar-refractivity contribution in [2.45, 2.75) is 104 Å². The molecule has 17 nitrogen and oxygen atoms in total. The number of aromatic nitrogens is 1. The largest absolute Gasteiger partial charge is 0.509 e. The first kappa shape index (κ1) is 47.2. The lowest BCUT2D eigenvalue weighted by Crippen LogP contribution is -2.61. The van der Waals surface area contributed by atoms with Crippen molar-refractivity contribution in [3.63, 3.8) is 0 Å². The molecule has 65 heavy (non-hydrogen) atoms. The summed E-state index contributed by atoms with van der Waals surface area (Å²) in [5.41, 5.74) is -0.534. The first-order valence-corrected chi connectivity index (χ1v) is 21.7. The molecule has 0 aromatic heterocycles. The fourth-order valence-corrected chi connectivity index (χ4v) is 9.58. The minimum absolute atomic E-state index is 0.0334. The standard InChI is InChI=1S/C48H59N3O14/c1-21-13-12-14-22(2)46(59)50-37-41(57)33-32(36-44(37)64-31-18-28(17-29(53)35(31)49-36)51-19-47(8,20-51)61-11)34-43(26(6)40(33)56)65-48(9,45(34)58)62-16-15-30(60-10)23(3)42(63-27(7)52)25(5)39(55)24(4)38(21)54/h12-18,21,23-25,30,32-33,38-39,42,54-55,57-58H,19-20H2,1-11H3,(H,50,59)/b13-12+,16-15+,22-14-/t21-,23+,24+,25+,30-,32?,33?,38-,39+,42+,48-/m0/s1. The number of anilines is 1. The first-order chi connectivity index (χ1) is 30.6. The molecule has 7 aliphatic rings. The summed E-state index contributed by atoms with van der Waals surface area (Å²) in [5, 5.41) is 50.1. The van der Waals surface area contributed by atoms with Gasteiger partial charge in [0.05, 0.1) is 53.3 Å². The highest BCUT2D eigenvalue weighted by atomic mass is 16.7. The van der Waals surface area contributed by atoms with E-state index in [-0.39, 0.29) is 51.1 Å². The quantitative estimate of drug-likeness (QED) is 0.251. The first-order valence-electron chi connectivity index (χ1n) is 21.7. The van der Waals surface area contributed by atoms with Gasteiger partial charge in [0.2, 0.25) is 5.43 Å². The van der Waals surface area contributed by atoms with Crippen molar-refractivity contribution in [2.24, 2.45) is 29.6 Å². The average Bonchev–Trinajstić information content (AvgIpc) is 3.52. The molecule has 1 fully saturated rings. The number of rotatable bonds is 4. The van der Waals surface area contributed by atoms with E-state index < -0.39 is 106 Å². The van der Waals surface area contributed by atoms with E-state index in [1.165, 1.54) is 59.3 Å². The van der Waals surface area contributed by atoms with Gasteiger partial charge in [0.1, 0.15) is 23.3 Å². The van der Waals surface area contributed by atoms with E-state index >= 15 is 0 Å². The maximum Gasteiger partial charge on any atom is 0.306 e. The van der Waals surface area contributed by atoms with Crippen molar-refractivity contribution in [3.8, 4) is 11.5 Å². The minimum Gasteiger partial charge on any atom is -0.509 e. The molecule has 0 saturated carbocycles. The molecule has 5 N–H and O–H groups in total. The Morgan fingerprint density at radius 1 is 0.954 bits per heavy atom. The Morgan fingerprint density at radius 2 is 1.65 bits per heavy atom. The summed E-state index contributed by atoms with van der Waals surface area (Å²) in [6, 6.07) is 3.05. The molecule has 0 spiro atoms. The van der Waals surface area contributed by atoms with Gasteiger partial charge in [-0.05, 0) is 26.8 Å². The van der Waals surface area contributed by atoms with Crippen LogP contribution in [0.25, 0.3) is 17.2 Å². The van der Waals surface area contributed by atoms with Crippen LogP contribution in [0.5, 0.6) is 0 Å². The highest BCUT2D eigenvalue weighted by molar-refractivity contribution is 6.06. The van der Waals surface area contributed by atoms with Crippen LogP contribution in [0.1, 0.15) is 79.7 Å². The number of nitrogens with zero attached hydrogens (tertiary/aromatic N) is 2. The summed E-state index contributed by atoms with van der Waals surface area (Å²) >= 11 is 0. The van der Waals surface area contributed by atoms with Gasteiger partial charge in [-0.1, -0.05) is 45.9 Å². The number of ether oxygens (including phenoxy) is 5. The van der Waals surface area contributed by atoms with Gasteiger partial charge < -0.3 is 58.7 Å². The van der Waals surface area contributed by atoms with Gasteiger partial charge in [0.25, 0.3) is 5.91 Å². The van der Waals surface area contributed by atoms with Gasteiger partial charge in [-0.15, -0.1) is 0 Å². The molecule has 0 radical (unpaired) electrons. The number of carbonyl (C=O) groups excluding carboxylic acids is 3. The van der Waals surface area contributed by atoms with Crippen LogP contribution in [0.15, 0.2) is 85.9 Å². The van der Waals surface area contributed by atoms with Gasteiger partial charge in [0, 0.05) is 93.8 Å². The van der Waals surface area contributed by atoms with Crippen molar-refractivity contribution in [3.05, 3.63) is 98.4 Å². The van der Waals surface area contributed by atoms with Crippen LogP contribution in [-0.2, 0) is 38.1 Å². The molecule has 17 heteroatoms. The second-order valence-electron chi connectivity index (χ2n) is 18.4. The summed E-state index contributed by atoms with van der Waals surface area (Å²) < 4.78 is 36.1. The molecule has 7 rings (SSSR count). The van der Waals surface area contributed by atoms with E-state index in [2.05, 4.69) is 5.32 Å². The SMILES string of the molecule is CO[C@H]1/C=C/O[C@@]2(C)OC3=C(C)C(=O)C4C(O)=C(NC(=O)/C(C)=C\C=C\[C@H](C)[C@H](O)[C@@H](C)[C@@H](O)[C@@H](C)[C@H](OC(C)=O)[C@@H]1C)c1oc5cc(N6CC(C)(OC)C6)cc(=O)c-5nc1C4C3=C2O. The Balaban J connectivity index is 1.40. The van der Waals surface area contributed by atoms with Crippen molar-refractivity contribution in [1.29, 1.82) is 0 Å². The maximum atomic E-state index is 14.4. The molecule has 4 heterocycles. The molecule has 4 aliphatic heterocycles. The molecule has 350 valence electrons. The molecular weight excluding hydrogens is 843 g/mol. The number of ketones is 1. The number of carbonyl (C=O) groups is 3. The van der Waals surface area contributed by atoms with E-state index in [4.69, 9.17) is 33.1 Å². The van der Waals surface area contributed by atoms with Crippen molar-refractivity contribution < 1.29 is 62.9 Å². The molecular formula is C48H59N3O14. The molecule has 11 atom stereocenters. The zero-order chi connectivity index (χ0) is 47.6. The molecule has 2 unspecified atom stereocenters. The Labute approximate surface area is 377 Å². The number of amides is 1. The number of benzene rings is 1. The Morgan fingerprint density at radius 3 is 2.29 bits per heavy atom. The normalized spacial score (nSPS) is 34.8. The predicted molar refractivity (Wildman–Crippen MR) is 236 cm³/mol. The van der Waals surface area contributed by atoms with Crippen LogP contribution in [0, 0.1) is 29.6 Å². The number of aliphatic hydroxyl groups is 4. The summed E-state index contributed by atoms with van der Waals surface area (Å²) in [6.45, 7) is 15.6. The average molecular weight is 902 g/mol. The van der Waals surface area contributed by atoms with Gasteiger partial charge in [-0.2, -0.15) is 0 Å². The van der Waals surface area contributed by atoms with Gasteiger partial charge in [0.15, 0.2) is 28.8 Å². The van der Waals surface area contributed by atoms with E-state index in [1.807, 2.05) is 11.8 Å². The summed E-state index contributed by atoms with van der Waals surface area (Å²) in [7, 11) is 3.06. The number of nitrogens with one attached hydrogen (secondary N) is 1. The number of esters is 1. The van der Waals surface area contributed by atoms with E-state index in [9.17, 15) is 39.6 Å². The second kappa shape index (κ2) is 17.6. The molecule has 0 aromatic rings. The van der Waals surface area contributed by atoms with E-state index in [0.29, 0.717) is 18.8 Å². The van der Waals surface area contributed by atoms with E-state index in [0.717, 1.165) is 0 Å². The number of hydrogen-bond acceptors (Lipinski definition) is 16. The molecule has 3 aliphatic carbocycles. The summed E-state index contributed by atoms with van der Waals surface area (Å²) in [5.74, 6) is -10.3. The highest BCUT2D eigenvalue weighted by Crippen LogP contribution is 2.56. The Kier molecular flexibility index (Phi) is 12.8. The van der Waals surface area contributed by atoms with Crippen LogP contribution in [0.2, 0.25) is 0 Å². The third-order valence-electron chi connectivity index (χ3n) is 13.7. The van der Waals surface area contributed by atoms with Crippen LogP contribution < -0.4 is 15.6 Å². The molecule has 1 amide bonds. The number of hydrogen-bond donors (Lipinski definition) is 5. The number of fused-ring (bicyclic) bond motifs is 2. The van der Waals surface area contributed by atoms with Crippen LogP contribution >= 0.6 is 0 Å². The number of aliphatic hydroxyl groups excluding tert-OH is 4.